The van der Waals surface area contributed by atoms with E-state index < -0.39 is 18.0 Å². The van der Waals surface area contributed by atoms with Gasteiger partial charge in [-0.2, -0.15) is 0 Å². The van der Waals surface area contributed by atoms with Crippen LogP contribution in [0.1, 0.15) is 42.6 Å². The molecule has 0 heterocycles. The Morgan fingerprint density at radius 2 is 1.72 bits per heavy atom. The summed E-state index contributed by atoms with van der Waals surface area (Å²) in [6, 6.07) is 12.0. The fourth-order valence-electron chi connectivity index (χ4n) is 2.28. The minimum absolute atomic E-state index is 0.160. The van der Waals surface area contributed by atoms with Gasteiger partial charge < -0.3 is 10.1 Å². The molecule has 1 N–H and O–H groups in total. The molecule has 0 bridgehead atoms. The fourth-order valence-corrected chi connectivity index (χ4v) is 2.77. The quantitative estimate of drug-likeness (QED) is 0.716. The van der Waals surface area contributed by atoms with Gasteiger partial charge in [0.25, 0.3) is 5.91 Å². The lowest BCUT2D eigenvalue weighted by Crippen LogP contribution is -2.30. The second-order valence-corrected chi connectivity index (χ2v) is 6.75. The van der Waals surface area contributed by atoms with Crippen LogP contribution in [0, 0.1) is 0 Å². The highest BCUT2D eigenvalue weighted by Gasteiger charge is 2.21. The van der Waals surface area contributed by atoms with Gasteiger partial charge in [-0.3, -0.25) is 4.79 Å². The zero-order valence-corrected chi connectivity index (χ0v) is 15.7. The van der Waals surface area contributed by atoms with E-state index in [1.165, 1.54) is 25.1 Å². The first kappa shape index (κ1) is 19.3. The summed E-state index contributed by atoms with van der Waals surface area (Å²) in [6.45, 7) is 5.59. The third kappa shape index (κ3) is 4.97. The third-order valence-corrected chi connectivity index (χ3v) is 4.19. The average molecular weight is 380 g/mol. The third-order valence-electron chi connectivity index (χ3n) is 3.64. The topological polar surface area (TPSA) is 55.4 Å². The summed E-state index contributed by atoms with van der Waals surface area (Å²) in [5, 5.41) is 3.39. The Morgan fingerprint density at radius 3 is 2.36 bits per heavy atom. The van der Waals surface area contributed by atoms with E-state index in [0.29, 0.717) is 10.7 Å². The fraction of sp³-hybridized carbons (Fsp3) is 0.263. The maximum Gasteiger partial charge on any atom is 0.340 e. The van der Waals surface area contributed by atoms with Crippen LogP contribution in [0.15, 0.2) is 42.5 Å². The van der Waals surface area contributed by atoms with Gasteiger partial charge in [-0.15, -0.1) is 0 Å². The molecule has 1 atom stereocenters. The van der Waals surface area contributed by atoms with Crippen LogP contribution in [-0.2, 0) is 9.53 Å². The van der Waals surface area contributed by atoms with Gasteiger partial charge in [-0.05, 0) is 42.7 Å². The molecule has 0 unspecified atom stereocenters. The van der Waals surface area contributed by atoms with E-state index >= 15 is 0 Å². The minimum atomic E-state index is -0.973. The molecule has 0 saturated carbocycles. The van der Waals surface area contributed by atoms with Crippen molar-refractivity contribution < 1.29 is 14.3 Å². The maximum absolute atomic E-state index is 12.4. The molecule has 2 aromatic rings. The maximum atomic E-state index is 12.4. The number of carbonyl (C=O) groups excluding carboxylic acids is 2. The van der Waals surface area contributed by atoms with Crippen LogP contribution in [0.3, 0.4) is 0 Å². The Bertz CT molecular complexity index is 790. The van der Waals surface area contributed by atoms with Crippen molar-refractivity contribution in [2.24, 2.45) is 0 Å². The monoisotopic (exact) mass is 379 g/mol. The van der Waals surface area contributed by atoms with Crippen LogP contribution in [-0.4, -0.2) is 18.0 Å². The van der Waals surface area contributed by atoms with Crippen molar-refractivity contribution in [3.05, 3.63) is 63.6 Å². The smallest absolute Gasteiger partial charge is 0.340 e. The Morgan fingerprint density at radius 1 is 1.04 bits per heavy atom. The lowest BCUT2D eigenvalue weighted by molar-refractivity contribution is -0.123. The molecule has 25 heavy (non-hydrogen) atoms. The van der Waals surface area contributed by atoms with Gasteiger partial charge in [-0.1, -0.05) is 55.2 Å². The molecular formula is C19H19Cl2NO3. The predicted molar refractivity (Wildman–Crippen MR) is 101 cm³/mol. The number of para-hydroxylation sites is 1. The first-order valence-corrected chi connectivity index (χ1v) is 8.61. The van der Waals surface area contributed by atoms with E-state index in [0.717, 1.165) is 5.56 Å². The molecule has 4 nitrogen and oxygen atoms in total. The van der Waals surface area contributed by atoms with E-state index in [-0.39, 0.29) is 16.5 Å². The van der Waals surface area contributed by atoms with Crippen molar-refractivity contribution in [1.82, 2.24) is 0 Å². The van der Waals surface area contributed by atoms with Crippen molar-refractivity contribution in [1.29, 1.82) is 0 Å². The summed E-state index contributed by atoms with van der Waals surface area (Å²) in [4.78, 5) is 24.5. The first-order valence-electron chi connectivity index (χ1n) is 7.85. The molecule has 0 saturated heterocycles. The zero-order chi connectivity index (χ0) is 18.6. The molecule has 0 radical (unpaired) electrons. The highest BCUT2D eigenvalue weighted by molar-refractivity contribution is 6.36. The molecule has 0 fully saturated rings. The normalized spacial score (nSPS) is 11.9. The van der Waals surface area contributed by atoms with E-state index in [2.05, 4.69) is 5.32 Å². The molecule has 2 rings (SSSR count). The summed E-state index contributed by atoms with van der Waals surface area (Å²) in [7, 11) is 0. The SMILES string of the molecule is CC(C)c1ccccc1NC(=O)[C@H](C)OC(=O)c1ccc(Cl)cc1Cl. The Kier molecular flexibility index (Phi) is 6.45. The standard InChI is InChI=1S/C19H19Cl2NO3/c1-11(2)14-6-4-5-7-17(14)22-18(23)12(3)25-19(24)15-9-8-13(20)10-16(15)21/h4-12H,1-3H3,(H,22,23)/t12-/m0/s1. The van der Waals surface area contributed by atoms with Crippen LogP contribution in [0.25, 0.3) is 0 Å². The van der Waals surface area contributed by atoms with Gasteiger partial charge in [0.2, 0.25) is 0 Å². The van der Waals surface area contributed by atoms with Gasteiger partial charge in [0.1, 0.15) is 0 Å². The number of hydrogen-bond acceptors (Lipinski definition) is 3. The summed E-state index contributed by atoms with van der Waals surface area (Å²) in [5.74, 6) is -0.838. The molecule has 2 aromatic carbocycles. The molecule has 0 aliphatic carbocycles. The number of ether oxygens (including phenoxy) is 1. The minimum Gasteiger partial charge on any atom is -0.449 e. The summed E-state index contributed by atoms with van der Waals surface area (Å²) in [6.07, 6.45) is -0.973. The first-order chi connectivity index (χ1) is 11.8. The van der Waals surface area contributed by atoms with Crippen molar-refractivity contribution >= 4 is 40.8 Å². The predicted octanol–water partition coefficient (Wildman–Crippen LogP) is 5.30. The molecule has 0 aromatic heterocycles. The van der Waals surface area contributed by atoms with Gasteiger partial charge in [-0.25, -0.2) is 4.79 Å². The highest BCUT2D eigenvalue weighted by atomic mass is 35.5. The molecule has 0 aliphatic heterocycles. The number of benzene rings is 2. The molecule has 1 amide bonds. The van der Waals surface area contributed by atoms with Crippen LogP contribution >= 0.6 is 23.2 Å². The average Bonchev–Trinajstić information content (AvgIpc) is 2.54. The Labute approximate surface area is 157 Å². The van der Waals surface area contributed by atoms with Crippen molar-refractivity contribution in [3.63, 3.8) is 0 Å². The second kappa shape index (κ2) is 8.37. The van der Waals surface area contributed by atoms with E-state index in [4.69, 9.17) is 27.9 Å². The van der Waals surface area contributed by atoms with Crippen LogP contribution in [0.4, 0.5) is 5.69 Å². The lowest BCUT2D eigenvalue weighted by Gasteiger charge is -2.17. The number of anilines is 1. The number of esters is 1. The lowest BCUT2D eigenvalue weighted by atomic mass is 10.0. The molecule has 132 valence electrons. The number of carbonyl (C=O) groups is 2. The number of halogens is 2. The van der Waals surface area contributed by atoms with Gasteiger partial charge >= 0.3 is 5.97 Å². The highest BCUT2D eigenvalue weighted by Crippen LogP contribution is 2.25. The van der Waals surface area contributed by atoms with Crippen molar-refractivity contribution in [2.45, 2.75) is 32.8 Å². The summed E-state index contributed by atoms with van der Waals surface area (Å²) < 4.78 is 5.21. The molecular weight excluding hydrogens is 361 g/mol. The van der Waals surface area contributed by atoms with Gasteiger partial charge in [0, 0.05) is 10.7 Å². The Hall–Kier alpha value is -2.04. The largest absolute Gasteiger partial charge is 0.449 e. The molecule has 0 spiro atoms. The number of nitrogens with one attached hydrogen (secondary N) is 1. The van der Waals surface area contributed by atoms with Crippen molar-refractivity contribution in [2.75, 3.05) is 5.32 Å². The number of hydrogen-bond donors (Lipinski definition) is 1. The van der Waals surface area contributed by atoms with Crippen LogP contribution in [0.5, 0.6) is 0 Å². The molecule has 6 heteroatoms. The number of rotatable bonds is 5. The van der Waals surface area contributed by atoms with Gasteiger partial charge in [0.15, 0.2) is 6.10 Å². The zero-order valence-electron chi connectivity index (χ0n) is 14.2. The Balaban J connectivity index is 2.07. The van der Waals surface area contributed by atoms with Crippen LogP contribution in [0.2, 0.25) is 10.0 Å². The van der Waals surface area contributed by atoms with E-state index in [1.54, 1.807) is 0 Å². The number of amides is 1. The van der Waals surface area contributed by atoms with Crippen molar-refractivity contribution in [3.8, 4) is 0 Å². The summed E-state index contributed by atoms with van der Waals surface area (Å²) >= 11 is 11.8. The molecule has 0 aliphatic rings. The summed E-state index contributed by atoms with van der Waals surface area (Å²) in [5.41, 5.74) is 1.87. The van der Waals surface area contributed by atoms with Gasteiger partial charge in [0.05, 0.1) is 10.6 Å². The van der Waals surface area contributed by atoms with E-state index in [1.807, 2.05) is 38.1 Å². The van der Waals surface area contributed by atoms with Crippen LogP contribution < -0.4 is 5.32 Å². The van der Waals surface area contributed by atoms with E-state index in [9.17, 15) is 9.59 Å². The second-order valence-electron chi connectivity index (χ2n) is 5.90.